The lowest BCUT2D eigenvalue weighted by atomic mass is 10.2. The van der Waals surface area contributed by atoms with Gasteiger partial charge in [0.2, 0.25) is 0 Å². The Morgan fingerprint density at radius 1 is 1.50 bits per heavy atom. The molecule has 1 saturated heterocycles. The summed E-state index contributed by atoms with van der Waals surface area (Å²) >= 11 is 0. The van der Waals surface area contributed by atoms with E-state index in [1.54, 1.807) is 0 Å². The zero-order chi connectivity index (χ0) is 13.2. The molecule has 1 fully saturated rings. The molecule has 1 aromatic heterocycles. The van der Waals surface area contributed by atoms with Crippen molar-refractivity contribution in [2.75, 3.05) is 18.9 Å². The van der Waals surface area contributed by atoms with Crippen LogP contribution in [0.5, 0.6) is 5.75 Å². The van der Waals surface area contributed by atoms with Crippen LogP contribution >= 0.6 is 0 Å². The Hall–Kier alpha value is -1.50. The molecular formula is C11H13F3N2O2. The predicted octanol–water partition coefficient (Wildman–Crippen LogP) is 2.24. The van der Waals surface area contributed by atoms with Crippen molar-refractivity contribution < 1.29 is 22.6 Å². The van der Waals surface area contributed by atoms with Crippen LogP contribution in [0.2, 0.25) is 0 Å². The number of hydrogen-bond acceptors (Lipinski definition) is 4. The van der Waals surface area contributed by atoms with Crippen molar-refractivity contribution in [1.82, 2.24) is 4.98 Å². The maximum Gasteiger partial charge on any atom is 0.433 e. The first-order valence-electron chi connectivity index (χ1n) is 5.54. The van der Waals surface area contributed by atoms with Crippen LogP contribution in [0, 0.1) is 0 Å². The lowest BCUT2D eigenvalue weighted by molar-refractivity contribution is -0.141. The van der Waals surface area contributed by atoms with Crippen molar-refractivity contribution in [2.24, 2.45) is 0 Å². The Morgan fingerprint density at radius 3 is 2.89 bits per heavy atom. The Labute approximate surface area is 102 Å². The summed E-state index contributed by atoms with van der Waals surface area (Å²) in [6.07, 6.45) is -1.85. The number of nitrogens with zero attached hydrogens (tertiary/aromatic N) is 1. The Bertz CT molecular complexity index is 417. The Balaban J connectivity index is 2.06. The summed E-state index contributed by atoms with van der Waals surface area (Å²) in [5.74, 6) is -0.00664. The molecule has 4 nitrogen and oxygen atoms in total. The van der Waals surface area contributed by atoms with E-state index in [9.17, 15) is 13.2 Å². The minimum absolute atomic E-state index is 0.00664. The fourth-order valence-corrected chi connectivity index (χ4v) is 1.69. The van der Waals surface area contributed by atoms with E-state index in [2.05, 4.69) is 4.98 Å². The normalized spacial score (nSPS) is 20.1. The highest BCUT2D eigenvalue weighted by molar-refractivity contribution is 5.51. The lowest BCUT2D eigenvalue weighted by Gasteiger charge is -2.14. The molecule has 0 amide bonds. The first kappa shape index (κ1) is 12.9. The van der Waals surface area contributed by atoms with Crippen LogP contribution in [0.3, 0.4) is 0 Å². The number of anilines is 1. The Morgan fingerprint density at radius 2 is 2.28 bits per heavy atom. The van der Waals surface area contributed by atoms with Crippen LogP contribution in [-0.2, 0) is 10.9 Å². The number of alkyl halides is 3. The maximum absolute atomic E-state index is 12.5. The molecular weight excluding hydrogens is 249 g/mol. The number of hydrogen-bond donors (Lipinski definition) is 1. The largest absolute Gasteiger partial charge is 0.489 e. The van der Waals surface area contributed by atoms with E-state index in [0.717, 1.165) is 25.1 Å². The molecule has 2 heterocycles. The fourth-order valence-electron chi connectivity index (χ4n) is 1.69. The molecule has 0 spiro atoms. The third kappa shape index (κ3) is 3.04. The second-order valence-electron chi connectivity index (χ2n) is 4.05. The molecule has 1 atom stereocenters. The molecule has 1 unspecified atom stereocenters. The van der Waals surface area contributed by atoms with Crippen molar-refractivity contribution in [2.45, 2.75) is 25.1 Å². The van der Waals surface area contributed by atoms with Gasteiger partial charge in [-0.15, -0.1) is 0 Å². The predicted molar refractivity (Wildman–Crippen MR) is 58.1 cm³/mol. The van der Waals surface area contributed by atoms with Crippen molar-refractivity contribution in [3.63, 3.8) is 0 Å². The molecule has 0 aromatic carbocycles. The number of nitrogens with two attached hydrogens (primary N) is 1. The molecule has 0 radical (unpaired) electrons. The van der Waals surface area contributed by atoms with Gasteiger partial charge in [-0.25, -0.2) is 4.98 Å². The highest BCUT2D eigenvalue weighted by Gasteiger charge is 2.33. The Kier molecular flexibility index (Phi) is 3.60. The SMILES string of the molecule is Nc1cnc(C(F)(F)F)cc1OCC1CCCO1. The van der Waals surface area contributed by atoms with Gasteiger partial charge in [-0.05, 0) is 12.8 Å². The second-order valence-corrected chi connectivity index (χ2v) is 4.05. The van der Waals surface area contributed by atoms with Gasteiger partial charge in [-0.3, -0.25) is 0 Å². The summed E-state index contributed by atoms with van der Waals surface area (Å²) in [7, 11) is 0. The summed E-state index contributed by atoms with van der Waals surface area (Å²) in [6, 6.07) is 0.810. The molecule has 1 aliphatic rings. The summed E-state index contributed by atoms with van der Waals surface area (Å²) in [4.78, 5) is 3.23. The van der Waals surface area contributed by atoms with Gasteiger partial charge in [-0.2, -0.15) is 13.2 Å². The minimum Gasteiger partial charge on any atom is -0.489 e. The molecule has 100 valence electrons. The quantitative estimate of drug-likeness (QED) is 0.907. The summed E-state index contributed by atoms with van der Waals surface area (Å²) < 4.78 is 47.9. The number of ether oxygens (including phenoxy) is 2. The third-order valence-corrected chi connectivity index (χ3v) is 2.63. The summed E-state index contributed by atoms with van der Waals surface area (Å²) in [5, 5.41) is 0. The van der Waals surface area contributed by atoms with Gasteiger partial charge in [0.25, 0.3) is 0 Å². The second kappa shape index (κ2) is 5.01. The number of rotatable bonds is 3. The smallest absolute Gasteiger partial charge is 0.433 e. The van der Waals surface area contributed by atoms with E-state index in [1.165, 1.54) is 0 Å². The van der Waals surface area contributed by atoms with Gasteiger partial charge >= 0.3 is 6.18 Å². The van der Waals surface area contributed by atoms with Crippen LogP contribution in [0.25, 0.3) is 0 Å². The van der Waals surface area contributed by atoms with E-state index >= 15 is 0 Å². The van der Waals surface area contributed by atoms with E-state index < -0.39 is 11.9 Å². The molecule has 2 N–H and O–H groups in total. The zero-order valence-electron chi connectivity index (χ0n) is 9.54. The zero-order valence-corrected chi connectivity index (χ0v) is 9.54. The van der Waals surface area contributed by atoms with Crippen molar-refractivity contribution in [1.29, 1.82) is 0 Å². The first-order valence-corrected chi connectivity index (χ1v) is 5.54. The van der Waals surface area contributed by atoms with Gasteiger partial charge in [-0.1, -0.05) is 0 Å². The standard InChI is InChI=1S/C11H13F3N2O2/c12-11(13,14)10-4-9(8(15)5-16-10)18-6-7-2-1-3-17-7/h4-5,7H,1-3,6,15H2. The molecule has 2 rings (SSSR count). The molecule has 18 heavy (non-hydrogen) atoms. The van der Waals surface area contributed by atoms with Crippen molar-refractivity contribution >= 4 is 5.69 Å². The molecule has 1 aromatic rings. The number of aromatic nitrogens is 1. The third-order valence-electron chi connectivity index (χ3n) is 2.63. The van der Waals surface area contributed by atoms with Crippen molar-refractivity contribution in [3.8, 4) is 5.75 Å². The van der Waals surface area contributed by atoms with Crippen molar-refractivity contribution in [3.05, 3.63) is 18.0 Å². The van der Waals surface area contributed by atoms with E-state index in [1.807, 2.05) is 0 Å². The highest BCUT2D eigenvalue weighted by Crippen LogP contribution is 2.32. The number of nitrogen functional groups attached to an aromatic ring is 1. The van der Waals surface area contributed by atoms with Gasteiger partial charge in [0.15, 0.2) is 0 Å². The van der Waals surface area contributed by atoms with Crippen LogP contribution < -0.4 is 10.5 Å². The first-order chi connectivity index (χ1) is 8.47. The monoisotopic (exact) mass is 262 g/mol. The summed E-state index contributed by atoms with van der Waals surface area (Å²) in [6.45, 7) is 0.860. The average molecular weight is 262 g/mol. The van der Waals surface area contributed by atoms with E-state index in [4.69, 9.17) is 15.2 Å². The van der Waals surface area contributed by atoms with Gasteiger partial charge in [0, 0.05) is 12.7 Å². The van der Waals surface area contributed by atoms with Crippen LogP contribution in [-0.4, -0.2) is 24.3 Å². The minimum atomic E-state index is -4.50. The van der Waals surface area contributed by atoms with Gasteiger partial charge in [0.1, 0.15) is 18.1 Å². The van der Waals surface area contributed by atoms with Crippen LogP contribution in [0.15, 0.2) is 12.3 Å². The molecule has 1 aliphatic heterocycles. The lowest BCUT2D eigenvalue weighted by Crippen LogP contribution is -2.17. The van der Waals surface area contributed by atoms with Crippen LogP contribution in [0.4, 0.5) is 18.9 Å². The van der Waals surface area contributed by atoms with Gasteiger partial charge < -0.3 is 15.2 Å². The molecule has 0 aliphatic carbocycles. The van der Waals surface area contributed by atoms with E-state index in [0.29, 0.717) is 6.61 Å². The number of halogens is 3. The highest BCUT2D eigenvalue weighted by atomic mass is 19.4. The van der Waals surface area contributed by atoms with E-state index in [-0.39, 0.29) is 24.1 Å². The summed E-state index contributed by atoms with van der Waals surface area (Å²) in [5.41, 5.74) is 4.59. The topological polar surface area (TPSA) is 57.4 Å². The number of pyridine rings is 1. The average Bonchev–Trinajstić information content (AvgIpc) is 2.79. The van der Waals surface area contributed by atoms with Gasteiger partial charge in [0.05, 0.1) is 18.0 Å². The maximum atomic E-state index is 12.5. The molecule has 7 heteroatoms. The molecule has 0 bridgehead atoms. The van der Waals surface area contributed by atoms with Crippen LogP contribution in [0.1, 0.15) is 18.5 Å². The fraction of sp³-hybridized carbons (Fsp3) is 0.545. The molecule has 0 saturated carbocycles.